The molecule has 3 rings (SSSR count). The average Bonchev–Trinajstić information content (AvgIpc) is 3.07. The molecule has 1 heterocycles. The van der Waals surface area contributed by atoms with Gasteiger partial charge in [0, 0.05) is 27.4 Å². The molecule has 0 saturated carbocycles. The van der Waals surface area contributed by atoms with Crippen molar-refractivity contribution in [3.05, 3.63) is 70.2 Å². The molecule has 0 bridgehead atoms. The molecule has 1 atom stereocenters. The molecule has 0 fully saturated rings. The molecule has 3 aromatic rings. The van der Waals surface area contributed by atoms with Crippen LogP contribution in [-0.4, -0.2) is 20.9 Å². The van der Waals surface area contributed by atoms with E-state index in [1.54, 1.807) is 0 Å². The van der Waals surface area contributed by atoms with Crippen LogP contribution in [0.4, 0.5) is 5.69 Å². The number of nitrogens with zero attached hydrogens (tertiary/aromatic N) is 1. The summed E-state index contributed by atoms with van der Waals surface area (Å²) in [5.41, 5.74) is 6.02. The van der Waals surface area contributed by atoms with E-state index < -0.39 is 10.8 Å². The third-order valence-corrected chi connectivity index (χ3v) is 6.38. The first-order valence-corrected chi connectivity index (χ1v) is 11.0. The van der Waals surface area contributed by atoms with Crippen LogP contribution < -0.4 is 5.32 Å². The fourth-order valence-corrected chi connectivity index (χ4v) is 4.46. The average molecular weight is 399 g/mol. The second-order valence-electron chi connectivity index (χ2n) is 6.59. The number of rotatable bonds is 6. The van der Waals surface area contributed by atoms with Gasteiger partial charge in [-0.25, -0.2) is 4.98 Å². The number of thiazole rings is 1. The van der Waals surface area contributed by atoms with Gasteiger partial charge in [0.2, 0.25) is 5.91 Å². The predicted octanol–water partition coefficient (Wildman–Crippen LogP) is 4.62. The van der Waals surface area contributed by atoms with E-state index in [1.165, 1.54) is 22.5 Å². The van der Waals surface area contributed by atoms with Crippen molar-refractivity contribution >= 4 is 33.7 Å². The minimum absolute atomic E-state index is 0.0374. The lowest BCUT2D eigenvalue weighted by Gasteiger charge is -2.07. The summed E-state index contributed by atoms with van der Waals surface area (Å²) in [7, 11) is -1.30. The van der Waals surface area contributed by atoms with Gasteiger partial charge < -0.3 is 5.32 Å². The van der Waals surface area contributed by atoms with Crippen LogP contribution in [0.15, 0.2) is 47.8 Å². The molecule has 0 radical (unpaired) electrons. The van der Waals surface area contributed by atoms with Gasteiger partial charge in [0.05, 0.1) is 11.4 Å². The molecule has 0 aliphatic heterocycles. The van der Waals surface area contributed by atoms with Gasteiger partial charge >= 0.3 is 0 Å². The van der Waals surface area contributed by atoms with Crippen LogP contribution in [0.3, 0.4) is 0 Å². The van der Waals surface area contributed by atoms with Gasteiger partial charge in [-0.3, -0.25) is 9.00 Å². The minimum atomic E-state index is -1.30. The Kier molecular flexibility index (Phi) is 6.19. The standard InChI is InChI=1S/C21H22N2O2S2/c1-14-4-7-17(8-5-14)21-23-19(11-26-21)12-27(25)13-20(24)22-18-9-6-15(2)16(3)10-18/h4-11H,12-13H2,1-3H3,(H,22,24)/t27-/m1/s1. The summed E-state index contributed by atoms with van der Waals surface area (Å²) >= 11 is 1.53. The van der Waals surface area contributed by atoms with E-state index in [9.17, 15) is 9.00 Å². The first-order chi connectivity index (χ1) is 12.9. The maximum absolute atomic E-state index is 12.3. The molecule has 6 heteroatoms. The van der Waals surface area contributed by atoms with Crippen molar-refractivity contribution in [1.82, 2.24) is 4.98 Å². The monoisotopic (exact) mass is 398 g/mol. The van der Waals surface area contributed by atoms with E-state index in [1.807, 2.05) is 68.6 Å². The molecule has 1 N–H and O–H groups in total. The fraction of sp³-hybridized carbons (Fsp3) is 0.238. The van der Waals surface area contributed by atoms with E-state index in [2.05, 4.69) is 10.3 Å². The van der Waals surface area contributed by atoms with Crippen LogP contribution in [0.2, 0.25) is 0 Å². The van der Waals surface area contributed by atoms with Crippen molar-refractivity contribution in [1.29, 1.82) is 0 Å². The number of aryl methyl sites for hydroxylation is 3. The lowest BCUT2D eigenvalue weighted by Crippen LogP contribution is -2.20. The maximum atomic E-state index is 12.3. The second kappa shape index (κ2) is 8.59. The van der Waals surface area contributed by atoms with Gasteiger partial charge in [0.25, 0.3) is 0 Å². The Morgan fingerprint density at radius 2 is 1.81 bits per heavy atom. The van der Waals surface area contributed by atoms with Crippen molar-refractivity contribution in [2.75, 3.05) is 11.1 Å². The highest BCUT2D eigenvalue weighted by Gasteiger charge is 2.12. The van der Waals surface area contributed by atoms with Crippen LogP contribution in [0, 0.1) is 20.8 Å². The smallest absolute Gasteiger partial charge is 0.237 e. The summed E-state index contributed by atoms with van der Waals surface area (Å²) in [6.07, 6.45) is 0. The zero-order valence-electron chi connectivity index (χ0n) is 15.6. The molecule has 27 heavy (non-hydrogen) atoms. The zero-order chi connectivity index (χ0) is 19.4. The Balaban J connectivity index is 1.56. The molecule has 1 aromatic heterocycles. The highest BCUT2D eigenvalue weighted by atomic mass is 32.2. The largest absolute Gasteiger partial charge is 0.325 e. The number of carbonyl (C=O) groups is 1. The molecule has 0 aliphatic carbocycles. The Labute approximate surface area is 166 Å². The number of aromatic nitrogens is 1. The Morgan fingerprint density at radius 3 is 2.52 bits per heavy atom. The van der Waals surface area contributed by atoms with Crippen LogP contribution >= 0.6 is 11.3 Å². The number of nitrogens with one attached hydrogen (secondary N) is 1. The molecule has 0 spiro atoms. The van der Waals surface area contributed by atoms with Crippen molar-refractivity contribution in [2.45, 2.75) is 26.5 Å². The number of benzene rings is 2. The van der Waals surface area contributed by atoms with E-state index >= 15 is 0 Å². The number of hydrogen-bond donors (Lipinski definition) is 1. The second-order valence-corrected chi connectivity index (χ2v) is 8.90. The van der Waals surface area contributed by atoms with Gasteiger partial charge in [-0.05, 0) is 44.0 Å². The van der Waals surface area contributed by atoms with Crippen molar-refractivity contribution in [3.63, 3.8) is 0 Å². The first-order valence-electron chi connectivity index (χ1n) is 8.64. The summed E-state index contributed by atoms with van der Waals surface area (Å²) in [4.78, 5) is 16.7. The van der Waals surface area contributed by atoms with Gasteiger partial charge in [0.15, 0.2) is 0 Å². The predicted molar refractivity (Wildman–Crippen MR) is 114 cm³/mol. The Hall–Kier alpha value is -2.31. The molecule has 2 aromatic carbocycles. The highest BCUT2D eigenvalue weighted by molar-refractivity contribution is 7.84. The first kappa shape index (κ1) is 19.5. The molecule has 1 amide bonds. The molecule has 0 unspecified atom stereocenters. The molecule has 0 aliphatic rings. The van der Waals surface area contributed by atoms with Crippen LogP contribution in [0.25, 0.3) is 10.6 Å². The fourth-order valence-electron chi connectivity index (χ4n) is 2.58. The van der Waals surface area contributed by atoms with E-state index in [-0.39, 0.29) is 17.4 Å². The number of hydrogen-bond acceptors (Lipinski definition) is 4. The summed E-state index contributed by atoms with van der Waals surface area (Å²) in [5, 5.41) is 5.63. The normalized spacial score (nSPS) is 12.0. The number of anilines is 1. The summed E-state index contributed by atoms with van der Waals surface area (Å²) in [5.74, 6) is -0.00176. The molecule has 0 saturated heterocycles. The van der Waals surface area contributed by atoms with E-state index in [0.717, 1.165) is 27.5 Å². The number of amides is 1. The Bertz CT molecular complexity index is 978. The van der Waals surface area contributed by atoms with Gasteiger partial charge in [-0.2, -0.15) is 0 Å². The third-order valence-electron chi connectivity index (χ3n) is 4.24. The van der Waals surface area contributed by atoms with E-state index in [4.69, 9.17) is 0 Å². The maximum Gasteiger partial charge on any atom is 0.237 e. The van der Waals surface area contributed by atoms with Gasteiger partial charge in [-0.1, -0.05) is 35.9 Å². The molecule has 4 nitrogen and oxygen atoms in total. The zero-order valence-corrected chi connectivity index (χ0v) is 17.2. The van der Waals surface area contributed by atoms with E-state index in [0.29, 0.717) is 0 Å². The summed E-state index contributed by atoms with van der Waals surface area (Å²) in [6.45, 7) is 6.06. The lowest BCUT2D eigenvalue weighted by atomic mass is 10.1. The summed E-state index contributed by atoms with van der Waals surface area (Å²) < 4.78 is 12.3. The van der Waals surface area contributed by atoms with Crippen molar-refractivity contribution < 1.29 is 9.00 Å². The third kappa shape index (κ3) is 5.34. The molecule has 140 valence electrons. The quantitative estimate of drug-likeness (QED) is 0.659. The Morgan fingerprint density at radius 1 is 1.07 bits per heavy atom. The van der Waals surface area contributed by atoms with Gasteiger partial charge in [-0.15, -0.1) is 11.3 Å². The van der Waals surface area contributed by atoms with Crippen molar-refractivity contribution in [2.24, 2.45) is 0 Å². The highest BCUT2D eigenvalue weighted by Crippen LogP contribution is 2.24. The SMILES string of the molecule is Cc1ccc(-c2nc(C[S@@](=O)CC(=O)Nc3ccc(C)c(C)c3)cs2)cc1. The lowest BCUT2D eigenvalue weighted by molar-refractivity contribution is -0.113. The van der Waals surface area contributed by atoms with Crippen molar-refractivity contribution in [3.8, 4) is 10.6 Å². The summed E-state index contributed by atoms with van der Waals surface area (Å²) in [6, 6.07) is 13.9. The van der Waals surface area contributed by atoms with Crippen LogP contribution in [0.5, 0.6) is 0 Å². The molecular formula is C21H22N2O2S2. The topological polar surface area (TPSA) is 59.1 Å². The van der Waals surface area contributed by atoms with Gasteiger partial charge in [0.1, 0.15) is 10.8 Å². The minimum Gasteiger partial charge on any atom is -0.325 e. The number of carbonyl (C=O) groups excluding carboxylic acids is 1. The molecular weight excluding hydrogens is 376 g/mol. The van der Waals surface area contributed by atoms with Crippen LogP contribution in [0.1, 0.15) is 22.4 Å². The van der Waals surface area contributed by atoms with Crippen LogP contribution in [-0.2, 0) is 21.3 Å².